The van der Waals surface area contributed by atoms with Gasteiger partial charge >= 0.3 is 0 Å². The summed E-state index contributed by atoms with van der Waals surface area (Å²) in [6.07, 6.45) is 0. The zero-order chi connectivity index (χ0) is 13.9. The minimum atomic E-state index is -0.242. The molecule has 0 aliphatic rings. The molecule has 0 spiro atoms. The molecular formula is C15H13N3O2. The Balaban J connectivity index is 1.80. The van der Waals surface area contributed by atoms with Crippen molar-refractivity contribution in [1.82, 2.24) is 9.97 Å². The van der Waals surface area contributed by atoms with E-state index in [1.165, 1.54) is 0 Å². The number of aliphatic hydroxyl groups excluding tert-OH is 1. The van der Waals surface area contributed by atoms with E-state index >= 15 is 0 Å². The molecule has 2 aromatic carbocycles. The first-order chi connectivity index (χ1) is 9.76. The van der Waals surface area contributed by atoms with E-state index in [1.807, 2.05) is 24.3 Å². The highest BCUT2D eigenvalue weighted by Crippen LogP contribution is 2.14. The number of anilines is 1. The molecule has 3 aromatic rings. The molecule has 5 nitrogen and oxygen atoms in total. The van der Waals surface area contributed by atoms with Gasteiger partial charge in [-0.1, -0.05) is 24.3 Å². The Morgan fingerprint density at radius 3 is 2.60 bits per heavy atom. The fraction of sp³-hybridized carbons (Fsp3) is 0.0667. The molecule has 1 heterocycles. The van der Waals surface area contributed by atoms with Crippen LogP contribution in [0.25, 0.3) is 11.0 Å². The lowest BCUT2D eigenvalue weighted by Crippen LogP contribution is -2.12. The average molecular weight is 267 g/mol. The zero-order valence-corrected chi connectivity index (χ0v) is 10.6. The van der Waals surface area contributed by atoms with Crippen LogP contribution in [-0.4, -0.2) is 21.0 Å². The molecule has 0 fully saturated rings. The molecule has 0 radical (unpaired) electrons. The second kappa shape index (κ2) is 5.14. The molecule has 0 atom stereocenters. The third-order valence-corrected chi connectivity index (χ3v) is 3.02. The largest absolute Gasteiger partial charge is 0.392 e. The van der Waals surface area contributed by atoms with Crippen molar-refractivity contribution in [3.8, 4) is 0 Å². The van der Waals surface area contributed by atoms with Gasteiger partial charge in [0.05, 0.1) is 17.6 Å². The lowest BCUT2D eigenvalue weighted by Gasteiger charge is -2.02. The van der Waals surface area contributed by atoms with Gasteiger partial charge < -0.3 is 10.1 Å². The van der Waals surface area contributed by atoms with Gasteiger partial charge in [-0.3, -0.25) is 10.1 Å². The summed E-state index contributed by atoms with van der Waals surface area (Å²) < 4.78 is 0. The minimum Gasteiger partial charge on any atom is -0.392 e. The minimum absolute atomic E-state index is 0.0362. The Morgan fingerprint density at radius 1 is 1.15 bits per heavy atom. The maximum absolute atomic E-state index is 12.1. The number of hydrogen-bond donors (Lipinski definition) is 3. The Bertz CT molecular complexity index is 714. The highest BCUT2D eigenvalue weighted by Gasteiger charge is 2.08. The number of hydrogen-bond acceptors (Lipinski definition) is 3. The first kappa shape index (κ1) is 12.4. The normalized spacial score (nSPS) is 10.7. The van der Waals surface area contributed by atoms with Crippen LogP contribution >= 0.6 is 0 Å². The molecule has 5 heteroatoms. The number of amides is 1. The first-order valence-electron chi connectivity index (χ1n) is 6.22. The van der Waals surface area contributed by atoms with E-state index in [0.29, 0.717) is 11.5 Å². The highest BCUT2D eigenvalue weighted by atomic mass is 16.3. The van der Waals surface area contributed by atoms with Crippen molar-refractivity contribution < 1.29 is 9.90 Å². The average Bonchev–Trinajstić information content (AvgIpc) is 2.89. The molecule has 0 saturated heterocycles. The standard InChI is InChI=1S/C15H13N3O2/c19-9-10-5-7-11(8-6-10)14(20)18-15-16-12-3-1-2-4-13(12)17-15/h1-8,19H,9H2,(H2,16,17,18,20). The summed E-state index contributed by atoms with van der Waals surface area (Å²) in [5.41, 5.74) is 2.96. The van der Waals surface area contributed by atoms with E-state index in [2.05, 4.69) is 15.3 Å². The molecule has 0 aliphatic carbocycles. The number of nitrogens with zero attached hydrogens (tertiary/aromatic N) is 1. The number of aromatic amines is 1. The summed E-state index contributed by atoms with van der Waals surface area (Å²) in [4.78, 5) is 19.4. The van der Waals surface area contributed by atoms with Crippen molar-refractivity contribution in [2.24, 2.45) is 0 Å². The van der Waals surface area contributed by atoms with E-state index in [0.717, 1.165) is 16.6 Å². The third-order valence-electron chi connectivity index (χ3n) is 3.02. The van der Waals surface area contributed by atoms with Crippen molar-refractivity contribution >= 4 is 22.9 Å². The molecule has 0 bridgehead atoms. The van der Waals surface area contributed by atoms with Gasteiger partial charge in [0, 0.05) is 5.56 Å². The fourth-order valence-electron chi connectivity index (χ4n) is 1.95. The van der Waals surface area contributed by atoms with Gasteiger partial charge in [0.15, 0.2) is 0 Å². The molecule has 1 aromatic heterocycles. The predicted octanol–water partition coefficient (Wildman–Crippen LogP) is 2.31. The van der Waals surface area contributed by atoms with Crippen LogP contribution in [0.1, 0.15) is 15.9 Å². The van der Waals surface area contributed by atoms with Crippen LogP contribution in [0.4, 0.5) is 5.95 Å². The summed E-state index contributed by atoms with van der Waals surface area (Å²) in [6.45, 7) is -0.0362. The molecule has 20 heavy (non-hydrogen) atoms. The molecular weight excluding hydrogens is 254 g/mol. The van der Waals surface area contributed by atoms with Crippen LogP contribution in [0.5, 0.6) is 0 Å². The van der Waals surface area contributed by atoms with Crippen LogP contribution in [0.2, 0.25) is 0 Å². The quantitative estimate of drug-likeness (QED) is 0.681. The highest BCUT2D eigenvalue weighted by molar-refractivity contribution is 6.03. The maximum atomic E-state index is 12.1. The van der Waals surface area contributed by atoms with Crippen LogP contribution < -0.4 is 5.32 Å². The monoisotopic (exact) mass is 267 g/mol. The molecule has 1 amide bonds. The maximum Gasteiger partial charge on any atom is 0.257 e. The van der Waals surface area contributed by atoms with Crippen molar-refractivity contribution in [1.29, 1.82) is 0 Å². The molecule has 0 unspecified atom stereocenters. The van der Waals surface area contributed by atoms with Gasteiger partial charge in [0.2, 0.25) is 5.95 Å². The number of fused-ring (bicyclic) bond motifs is 1. The van der Waals surface area contributed by atoms with E-state index in [9.17, 15) is 4.79 Å². The number of nitrogens with one attached hydrogen (secondary N) is 2. The predicted molar refractivity (Wildman–Crippen MR) is 76.4 cm³/mol. The second-order valence-electron chi connectivity index (χ2n) is 4.41. The third kappa shape index (κ3) is 2.39. The zero-order valence-electron chi connectivity index (χ0n) is 10.6. The van der Waals surface area contributed by atoms with E-state index in [4.69, 9.17) is 5.11 Å². The van der Waals surface area contributed by atoms with Gasteiger partial charge in [-0.25, -0.2) is 4.98 Å². The van der Waals surface area contributed by atoms with Crippen molar-refractivity contribution in [3.05, 3.63) is 59.7 Å². The van der Waals surface area contributed by atoms with Crippen LogP contribution in [-0.2, 0) is 6.61 Å². The topological polar surface area (TPSA) is 78.0 Å². The van der Waals surface area contributed by atoms with Gasteiger partial charge in [-0.15, -0.1) is 0 Å². The van der Waals surface area contributed by atoms with Crippen molar-refractivity contribution in [3.63, 3.8) is 0 Å². The number of aliphatic hydroxyl groups is 1. The molecule has 0 aliphatic heterocycles. The molecule has 100 valence electrons. The molecule has 3 N–H and O–H groups in total. The second-order valence-corrected chi connectivity index (χ2v) is 4.41. The van der Waals surface area contributed by atoms with E-state index in [-0.39, 0.29) is 12.5 Å². The summed E-state index contributed by atoms with van der Waals surface area (Å²) in [6, 6.07) is 14.3. The lowest BCUT2D eigenvalue weighted by atomic mass is 10.1. The number of carbonyl (C=O) groups excluding carboxylic acids is 1. The molecule has 0 saturated carbocycles. The van der Waals surface area contributed by atoms with Crippen LogP contribution in [0.15, 0.2) is 48.5 Å². The summed E-state index contributed by atoms with van der Waals surface area (Å²) in [5, 5.41) is 11.7. The first-order valence-corrected chi connectivity index (χ1v) is 6.22. The van der Waals surface area contributed by atoms with Crippen molar-refractivity contribution in [2.75, 3.05) is 5.32 Å². The smallest absolute Gasteiger partial charge is 0.257 e. The summed E-state index contributed by atoms with van der Waals surface area (Å²) in [5.74, 6) is 0.177. The van der Waals surface area contributed by atoms with Gasteiger partial charge in [0.25, 0.3) is 5.91 Å². The number of aromatic nitrogens is 2. The number of carbonyl (C=O) groups is 1. The molecule has 3 rings (SSSR count). The van der Waals surface area contributed by atoms with Gasteiger partial charge in [-0.2, -0.15) is 0 Å². The fourth-order valence-corrected chi connectivity index (χ4v) is 1.95. The SMILES string of the molecule is O=C(Nc1nc2ccccc2[nH]1)c1ccc(CO)cc1. The van der Waals surface area contributed by atoms with Crippen LogP contribution in [0.3, 0.4) is 0 Å². The Labute approximate surface area is 115 Å². The number of imidazole rings is 1. The number of H-pyrrole nitrogens is 1. The summed E-state index contributed by atoms with van der Waals surface area (Å²) >= 11 is 0. The number of benzene rings is 2. The van der Waals surface area contributed by atoms with E-state index < -0.39 is 0 Å². The Kier molecular flexibility index (Phi) is 3.18. The number of para-hydroxylation sites is 2. The van der Waals surface area contributed by atoms with Crippen molar-refractivity contribution in [2.45, 2.75) is 6.61 Å². The van der Waals surface area contributed by atoms with E-state index in [1.54, 1.807) is 24.3 Å². The lowest BCUT2D eigenvalue weighted by molar-refractivity contribution is 0.102. The van der Waals surface area contributed by atoms with Crippen LogP contribution in [0, 0.1) is 0 Å². The Hall–Kier alpha value is -2.66. The number of rotatable bonds is 3. The van der Waals surface area contributed by atoms with Gasteiger partial charge in [-0.05, 0) is 29.8 Å². The van der Waals surface area contributed by atoms with Gasteiger partial charge in [0.1, 0.15) is 0 Å². The summed E-state index contributed by atoms with van der Waals surface area (Å²) in [7, 11) is 0. The Morgan fingerprint density at radius 2 is 1.90 bits per heavy atom.